The van der Waals surface area contributed by atoms with E-state index in [2.05, 4.69) is 15.3 Å². The molecular formula is C14H21N3O3. The molecular weight excluding hydrogens is 258 g/mol. The fourth-order valence-corrected chi connectivity index (χ4v) is 1.79. The molecule has 1 aromatic heterocycles. The van der Waals surface area contributed by atoms with E-state index in [1.54, 1.807) is 6.92 Å². The Hall–Kier alpha value is -1.85. The second-order valence-corrected chi connectivity index (χ2v) is 6.38. The Morgan fingerprint density at radius 2 is 2.15 bits per heavy atom. The van der Waals surface area contributed by atoms with Gasteiger partial charge < -0.3 is 10.1 Å². The minimum Gasteiger partial charge on any atom is -0.459 e. The topological polar surface area (TPSA) is 84.1 Å². The quantitative estimate of drug-likeness (QED) is 0.818. The van der Waals surface area contributed by atoms with E-state index in [1.165, 1.54) is 6.20 Å². The molecule has 2 rings (SSSR count). The molecule has 20 heavy (non-hydrogen) atoms. The number of esters is 1. The van der Waals surface area contributed by atoms with Crippen molar-refractivity contribution in [1.29, 1.82) is 0 Å². The summed E-state index contributed by atoms with van der Waals surface area (Å²) in [5, 5.41) is 3.01. The van der Waals surface area contributed by atoms with Gasteiger partial charge in [0.25, 0.3) is 5.56 Å². The Kier molecular flexibility index (Phi) is 3.58. The summed E-state index contributed by atoms with van der Waals surface area (Å²) in [7, 11) is 0. The number of aryl methyl sites for hydroxylation is 1. The summed E-state index contributed by atoms with van der Waals surface area (Å²) in [6, 6.07) is 0. The minimum atomic E-state index is -0.483. The van der Waals surface area contributed by atoms with Gasteiger partial charge >= 0.3 is 5.97 Å². The van der Waals surface area contributed by atoms with Crippen molar-refractivity contribution in [3.8, 4) is 0 Å². The van der Waals surface area contributed by atoms with Gasteiger partial charge in [-0.3, -0.25) is 14.6 Å². The fraction of sp³-hybridized carbons (Fsp3) is 0.643. The van der Waals surface area contributed by atoms with E-state index in [4.69, 9.17) is 4.74 Å². The highest BCUT2D eigenvalue weighted by molar-refractivity contribution is 5.81. The van der Waals surface area contributed by atoms with Crippen molar-refractivity contribution >= 4 is 11.9 Å². The summed E-state index contributed by atoms with van der Waals surface area (Å²) >= 11 is 0. The molecule has 1 aliphatic rings. The lowest BCUT2D eigenvalue weighted by atomic mass is 10.1. The third kappa shape index (κ3) is 3.37. The standard InChI is InChI=1S/C14H21N3O3/c1-9-7-15-12(17-10(9)18)16-8-14(5-6-14)11(19)20-13(2,3)4/h7H,5-6,8H2,1-4H3,(H2,15,16,17,18). The summed E-state index contributed by atoms with van der Waals surface area (Å²) < 4.78 is 5.42. The number of nitrogens with zero attached hydrogens (tertiary/aromatic N) is 1. The second-order valence-electron chi connectivity index (χ2n) is 6.38. The van der Waals surface area contributed by atoms with Crippen LogP contribution in [-0.4, -0.2) is 28.1 Å². The molecule has 0 aromatic carbocycles. The van der Waals surface area contributed by atoms with Gasteiger partial charge in [-0.2, -0.15) is 0 Å². The van der Waals surface area contributed by atoms with Crippen LogP contribution in [-0.2, 0) is 9.53 Å². The lowest BCUT2D eigenvalue weighted by Crippen LogP contribution is -2.33. The zero-order chi connectivity index (χ0) is 15.0. The highest BCUT2D eigenvalue weighted by atomic mass is 16.6. The average Bonchev–Trinajstić information content (AvgIpc) is 3.10. The van der Waals surface area contributed by atoms with Crippen molar-refractivity contribution < 1.29 is 9.53 Å². The molecule has 6 heteroatoms. The average molecular weight is 279 g/mol. The fourth-order valence-electron chi connectivity index (χ4n) is 1.79. The molecule has 0 radical (unpaired) electrons. The maximum Gasteiger partial charge on any atom is 0.314 e. The molecule has 0 atom stereocenters. The van der Waals surface area contributed by atoms with E-state index in [-0.39, 0.29) is 11.5 Å². The molecule has 2 N–H and O–H groups in total. The Morgan fingerprint density at radius 3 is 2.65 bits per heavy atom. The first kappa shape index (κ1) is 14.6. The number of carbonyl (C=O) groups excluding carboxylic acids is 1. The molecule has 0 spiro atoms. The smallest absolute Gasteiger partial charge is 0.314 e. The van der Waals surface area contributed by atoms with Gasteiger partial charge in [-0.05, 0) is 40.5 Å². The third-order valence-electron chi connectivity index (χ3n) is 3.26. The predicted octanol–water partition coefficient (Wildman–Crippen LogP) is 1.61. The van der Waals surface area contributed by atoms with E-state index >= 15 is 0 Å². The molecule has 0 bridgehead atoms. The van der Waals surface area contributed by atoms with Gasteiger partial charge in [0.05, 0.1) is 5.41 Å². The van der Waals surface area contributed by atoms with Gasteiger partial charge in [0.1, 0.15) is 5.60 Å². The highest BCUT2D eigenvalue weighted by Crippen LogP contribution is 2.47. The van der Waals surface area contributed by atoms with Crippen LogP contribution in [0.4, 0.5) is 5.95 Å². The van der Waals surface area contributed by atoms with E-state index in [0.29, 0.717) is 18.1 Å². The maximum atomic E-state index is 12.1. The zero-order valence-electron chi connectivity index (χ0n) is 12.4. The van der Waals surface area contributed by atoms with Crippen LogP contribution in [0.25, 0.3) is 0 Å². The summed E-state index contributed by atoms with van der Waals surface area (Å²) in [5.41, 5.74) is -0.576. The van der Waals surface area contributed by atoms with E-state index in [9.17, 15) is 9.59 Å². The number of hydrogen-bond donors (Lipinski definition) is 2. The number of aromatic nitrogens is 2. The van der Waals surface area contributed by atoms with Gasteiger partial charge in [-0.15, -0.1) is 0 Å². The Balaban J connectivity index is 1.98. The van der Waals surface area contributed by atoms with Gasteiger partial charge in [-0.25, -0.2) is 4.98 Å². The van der Waals surface area contributed by atoms with Gasteiger partial charge in [-0.1, -0.05) is 0 Å². The Morgan fingerprint density at radius 1 is 1.50 bits per heavy atom. The first-order valence-electron chi connectivity index (χ1n) is 6.75. The molecule has 0 saturated heterocycles. The molecule has 1 heterocycles. The summed E-state index contributed by atoms with van der Waals surface area (Å²) in [4.78, 5) is 30.3. The molecule has 0 aliphatic heterocycles. The normalized spacial score (nSPS) is 16.6. The van der Waals surface area contributed by atoms with E-state index in [1.807, 2.05) is 20.8 Å². The number of nitrogens with one attached hydrogen (secondary N) is 2. The van der Waals surface area contributed by atoms with Crippen LogP contribution in [0, 0.1) is 12.3 Å². The van der Waals surface area contributed by atoms with Crippen molar-refractivity contribution in [3.63, 3.8) is 0 Å². The van der Waals surface area contributed by atoms with Crippen LogP contribution >= 0.6 is 0 Å². The Bertz CT molecular complexity index is 568. The van der Waals surface area contributed by atoms with Crippen molar-refractivity contribution in [2.24, 2.45) is 5.41 Å². The van der Waals surface area contributed by atoms with Crippen molar-refractivity contribution in [2.45, 2.75) is 46.1 Å². The molecule has 0 amide bonds. The number of rotatable bonds is 4. The first-order chi connectivity index (χ1) is 9.22. The van der Waals surface area contributed by atoms with Gasteiger partial charge in [0.2, 0.25) is 5.95 Å². The van der Waals surface area contributed by atoms with Crippen LogP contribution in [0.1, 0.15) is 39.2 Å². The minimum absolute atomic E-state index is 0.176. The van der Waals surface area contributed by atoms with Crippen LogP contribution in [0.3, 0.4) is 0 Å². The second kappa shape index (κ2) is 4.92. The molecule has 6 nitrogen and oxygen atoms in total. The van der Waals surface area contributed by atoms with E-state index in [0.717, 1.165) is 12.8 Å². The molecule has 0 unspecified atom stereocenters. The maximum absolute atomic E-state index is 12.1. The van der Waals surface area contributed by atoms with Gasteiger partial charge in [0.15, 0.2) is 0 Å². The number of H-pyrrole nitrogens is 1. The summed E-state index contributed by atoms with van der Waals surface area (Å²) in [6.07, 6.45) is 3.10. The number of ether oxygens (including phenoxy) is 1. The van der Waals surface area contributed by atoms with Crippen LogP contribution in [0.5, 0.6) is 0 Å². The number of aromatic amines is 1. The van der Waals surface area contributed by atoms with Gasteiger partial charge in [0, 0.05) is 18.3 Å². The molecule has 1 aliphatic carbocycles. The van der Waals surface area contributed by atoms with E-state index < -0.39 is 11.0 Å². The lowest BCUT2D eigenvalue weighted by Gasteiger charge is -2.24. The summed E-state index contributed by atoms with van der Waals surface area (Å²) in [5.74, 6) is 0.197. The van der Waals surface area contributed by atoms with Crippen LogP contribution in [0.15, 0.2) is 11.0 Å². The van der Waals surface area contributed by atoms with Crippen LogP contribution in [0.2, 0.25) is 0 Å². The SMILES string of the molecule is Cc1cnc(NCC2(C(=O)OC(C)(C)C)CC2)[nH]c1=O. The molecule has 1 fully saturated rings. The number of carbonyl (C=O) groups is 1. The lowest BCUT2D eigenvalue weighted by molar-refractivity contribution is -0.161. The molecule has 1 aromatic rings. The predicted molar refractivity (Wildman–Crippen MR) is 75.6 cm³/mol. The van der Waals surface area contributed by atoms with Crippen molar-refractivity contribution in [1.82, 2.24) is 9.97 Å². The van der Waals surface area contributed by atoms with Crippen molar-refractivity contribution in [3.05, 3.63) is 22.1 Å². The largest absolute Gasteiger partial charge is 0.459 e. The first-order valence-corrected chi connectivity index (χ1v) is 6.75. The number of anilines is 1. The Labute approximate surface area is 118 Å². The molecule has 1 saturated carbocycles. The monoisotopic (exact) mass is 279 g/mol. The summed E-state index contributed by atoms with van der Waals surface area (Å²) in [6.45, 7) is 7.68. The van der Waals surface area contributed by atoms with Crippen LogP contribution < -0.4 is 10.9 Å². The highest BCUT2D eigenvalue weighted by Gasteiger charge is 2.52. The van der Waals surface area contributed by atoms with Crippen molar-refractivity contribution in [2.75, 3.05) is 11.9 Å². The zero-order valence-corrected chi connectivity index (χ0v) is 12.4. The number of hydrogen-bond acceptors (Lipinski definition) is 5. The molecule has 110 valence electrons. The third-order valence-corrected chi connectivity index (χ3v) is 3.26.